The number of hydrogen-bond acceptors (Lipinski definition) is 2. The van der Waals surface area contributed by atoms with Crippen molar-refractivity contribution in [1.82, 2.24) is 23.7 Å². The lowest BCUT2D eigenvalue weighted by atomic mass is 10.00. The van der Waals surface area contributed by atoms with Crippen molar-refractivity contribution < 1.29 is 0 Å². The number of para-hydroxylation sites is 5. The average molecular weight is 804 g/mol. The number of aromatic nitrogens is 5. The van der Waals surface area contributed by atoms with Crippen LogP contribution < -0.4 is 0 Å². The molecule has 13 aromatic rings. The zero-order valence-corrected chi connectivity index (χ0v) is 34.1. The summed E-state index contributed by atoms with van der Waals surface area (Å²) in [7, 11) is 0. The third-order valence-electron chi connectivity index (χ3n) is 12.7. The van der Waals surface area contributed by atoms with E-state index >= 15 is 0 Å². The normalized spacial score (nSPS) is 11.8. The van der Waals surface area contributed by atoms with Crippen LogP contribution in [0.2, 0.25) is 0 Å². The molecule has 294 valence electrons. The molecule has 0 aliphatic heterocycles. The molecule has 0 N–H and O–H groups in total. The van der Waals surface area contributed by atoms with Crippen LogP contribution >= 0.6 is 0 Å². The number of nitrogens with zero attached hydrogens (tertiary/aromatic N) is 5. The van der Waals surface area contributed by atoms with Gasteiger partial charge in [0.1, 0.15) is 0 Å². The Kier molecular flexibility index (Phi) is 7.84. The van der Waals surface area contributed by atoms with Gasteiger partial charge in [0.15, 0.2) is 0 Å². The highest BCUT2D eigenvalue weighted by Gasteiger charge is 2.18. The topological polar surface area (TPSA) is 40.6 Å². The van der Waals surface area contributed by atoms with Crippen LogP contribution in [0.5, 0.6) is 0 Å². The molecule has 9 aromatic carbocycles. The third-order valence-corrected chi connectivity index (χ3v) is 12.7. The number of benzene rings is 9. The molecule has 0 unspecified atom stereocenters. The first-order chi connectivity index (χ1) is 31.2. The number of fused-ring (bicyclic) bond motifs is 9. The second-order valence-electron chi connectivity index (χ2n) is 16.2. The minimum absolute atomic E-state index is 0.640. The Balaban J connectivity index is 0.899. The van der Waals surface area contributed by atoms with Gasteiger partial charge in [0.05, 0.1) is 38.8 Å². The lowest BCUT2D eigenvalue weighted by molar-refractivity contribution is 0.992. The molecule has 0 aliphatic carbocycles. The molecular weight excluding hydrogens is 767 g/mol. The predicted molar refractivity (Wildman–Crippen MR) is 261 cm³/mol. The Morgan fingerprint density at radius 2 is 0.714 bits per heavy atom. The summed E-state index contributed by atoms with van der Waals surface area (Å²) in [4.78, 5) is 10.2. The average Bonchev–Trinajstić information content (AvgIpc) is 3.99. The van der Waals surface area contributed by atoms with E-state index in [0.29, 0.717) is 5.95 Å². The molecule has 5 heteroatoms. The predicted octanol–water partition coefficient (Wildman–Crippen LogP) is 14.8. The van der Waals surface area contributed by atoms with E-state index in [1.165, 1.54) is 49.2 Å². The fraction of sp³-hybridized carbons (Fsp3) is 0. The van der Waals surface area contributed by atoms with Crippen LogP contribution in [0.3, 0.4) is 0 Å². The summed E-state index contributed by atoms with van der Waals surface area (Å²) in [6, 6.07) is 78.4. The van der Waals surface area contributed by atoms with E-state index in [9.17, 15) is 0 Å². The molecule has 0 saturated heterocycles. The van der Waals surface area contributed by atoms with Gasteiger partial charge in [0.2, 0.25) is 5.95 Å². The quantitative estimate of drug-likeness (QED) is 0.168. The summed E-state index contributed by atoms with van der Waals surface area (Å²) in [5.74, 6) is 0.640. The van der Waals surface area contributed by atoms with Gasteiger partial charge >= 0.3 is 0 Å². The van der Waals surface area contributed by atoms with Gasteiger partial charge in [-0.2, -0.15) is 0 Å². The lowest BCUT2D eigenvalue weighted by Crippen LogP contribution is -2.01. The van der Waals surface area contributed by atoms with E-state index in [1.54, 1.807) is 0 Å². The molecule has 0 saturated carbocycles. The molecule has 4 aromatic heterocycles. The first-order valence-electron chi connectivity index (χ1n) is 21.4. The summed E-state index contributed by atoms with van der Waals surface area (Å²) in [5.41, 5.74) is 15.7. The molecule has 0 radical (unpaired) electrons. The van der Waals surface area contributed by atoms with Crippen molar-refractivity contribution in [2.45, 2.75) is 0 Å². The van der Waals surface area contributed by atoms with E-state index in [0.717, 1.165) is 61.1 Å². The van der Waals surface area contributed by atoms with Crippen LogP contribution in [0.4, 0.5) is 0 Å². The summed E-state index contributed by atoms with van der Waals surface area (Å²) in [6.45, 7) is 0. The van der Waals surface area contributed by atoms with E-state index in [1.807, 2.05) is 12.3 Å². The van der Waals surface area contributed by atoms with Gasteiger partial charge in [-0.15, -0.1) is 0 Å². The molecular formula is C58H37N5. The molecule has 0 atom stereocenters. The van der Waals surface area contributed by atoms with Crippen LogP contribution in [0.25, 0.3) is 116 Å². The van der Waals surface area contributed by atoms with E-state index in [-0.39, 0.29) is 0 Å². The summed E-state index contributed by atoms with van der Waals surface area (Å²) in [5, 5.41) is 7.28. The van der Waals surface area contributed by atoms with E-state index in [4.69, 9.17) is 9.97 Å². The second-order valence-corrected chi connectivity index (χ2v) is 16.2. The highest BCUT2D eigenvalue weighted by atomic mass is 15.2. The van der Waals surface area contributed by atoms with Gasteiger partial charge in [-0.05, 0) is 107 Å². The van der Waals surface area contributed by atoms with Crippen molar-refractivity contribution in [3.8, 4) is 50.8 Å². The van der Waals surface area contributed by atoms with Crippen molar-refractivity contribution in [3.63, 3.8) is 0 Å². The van der Waals surface area contributed by atoms with Gasteiger partial charge in [-0.25, -0.2) is 9.97 Å². The van der Waals surface area contributed by atoms with Crippen LogP contribution in [-0.4, -0.2) is 23.7 Å². The highest BCUT2D eigenvalue weighted by molar-refractivity contribution is 6.13. The molecule has 13 rings (SSSR count). The molecule has 0 bridgehead atoms. The van der Waals surface area contributed by atoms with Gasteiger partial charge in [-0.1, -0.05) is 133 Å². The lowest BCUT2D eigenvalue weighted by Gasteiger charge is -2.10. The SMILES string of the molecule is c1ccc(-n2c3ccccc3c3cc(-c4cccc(-c5ccnc(-n6c7ccccc7c7cc(-c8ccc9c%10ccccc%10n(-c%10ccccc%10)c9c8)ccc76)n5)c4)ccc32)cc1. The number of hydrogen-bond donors (Lipinski definition) is 0. The molecule has 0 fully saturated rings. The van der Waals surface area contributed by atoms with Gasteiger partial charge in [0.25, 0.3) is 0 Å². The Hall–Kier alpha value is -8.54. The summed E-state index contributed by atoms with van der Waals surface area (Å²) >= 11 is 0. The standard InChI is InChI=1S/C58H37N5/c1-3-16-43(17-4-1)61-53-24-11-8-21-46(53)49-35-39(27-30-55(49)61)38-14-13-15-42(34-38)51-32-33-59-58(60-51)63-54-25-12-9-22-47(54)50-36-40(28-31-56(50)63)41-26-29-48-45-20-7-10-23-52(45)62(57(48)37-41)44-18-5-2-6-19-44/h1-37H. The van der Waals surface area contributed by atoms with Crippen LogP contribution in [-0.2, 0) is 0 Å². The van der Waals surface area contributed by atoms with Gasteiger partial charge < -0.3 is 9.13 Å². The van der Waals surface area contributed by atoms with Gasteiger partial charge in [0, 0.05) is 55.5 Å². The molecule has 4 heterocycles. The highest BCUT2D eigenvalue weighted by Crippen LogP contribution is 2.39. The fourth-order valence-electron chi connectivity index (χ4n) is 9.86. The molecule has 63 heavy (non-hydrogen) atoms. The smallest absolute Gasteiger partial charge is 0.235 e. The third kappa shape index (κ3) is 5.57. The maximum atomic E-state index is 5.27. The molecule has 0 spiro atoms. The van der Waals surface area contributed by atoms with E-state index in [2.05, 4.69) is 226 Å². The zero-order valence-electron chi connectivity index (χ0n) is 34.1. The first-order valence-corrected chi connectivity index (χ1v) is 21.4. The second kappa shape index (κ2) is 14.0. The first kappa shape index (κ1) is 35.2. The molecule has 0 aliphatic rings. The van der Waals surface area contributed by atoms with Crippen molar-refractivity contribution in [1.29, 1.82) is 0 Å². The Labute approximate surface area is 363 Å². The molecule has 5 nitrogen and oxygen atoms in total. The largest absolute Gasteiger partial charge is 0.309 e. The summed E-state index contributed by atoms with van der Waals surface area (Å²) in [6.07, 6.45) is 1.88. The van der Waals surface area contributed by atoms with Crippen molar-refractivity contribution >= 4 is 65.4 Å². The van der Waals surface area contributed by atoms with Crippen molar-refractivity contribution in [2.75, 3.05) is 0 Å². The van der Waals surface area contributed by atoms with Crippen molar-refractivity contribution in [2.24, 2.45) is 0 Å². The van der Waals surface area contributed by atoms with Crippen LogP contribution in [0.15, 0.2) is 225 Å². The monoisotopic (exact) mass is 803 g/mol. The maximum Gasteiger partial charge on any atom is 0.235 e. The van der Waals surface area contributed by atoms with E-state index < -0.39 is 0 Å². The summed E-state index contributed by atoms with van der Waals surface area (Å²) < 4.78 is 6.94. The maximum absolute atomic E-state index is 5.27. The fourth-order valence-corrected chi connectivity index (χ4v) is 9.86. The van der Waals surface area contributed by atoms with Crippen LogP contribution in [0.1, 0.15) is 0 Å². The minimum Gasteiger partial charge on any atom is -0.309 e. The Morgan fingerprint density at radius 3 is 1.35 bits per heavy atom. The Morgan fingerprint density at radius 1 is 0.270 bits per heavy atom. The van der Waals surface area contributed by atoms with Gasteiger partial charge in [-0.3, -0.25) is 4.57 Å². The zero-order chi connectivity index (χ0) is 41.4. The minimum atomic E-state index is 0.640. The Bertz CT molecular complexity index is 3910. The van der Waals surface area contributed by atoms with Crippen molar-refractivity contribution in [3.05, 3.63) is 225 Å². The number of rotatable bonds is 6. The van der Waals surface area contributed by atoms with Crippen LogP contribution in [0, 0.1) is 0 Å². The molecule has 0 amide bonds.